The quantitative estimate of drug-likeness (QED) is 0.191. The van der Waals surface area contributed by atoms with Gasteiger partial charge in [-0.2, -0.15) is 5.10 Å². The second kappa shape index (κ2) is 10.8. The lowest BCUT2D eigenvalue weighted by Crippen LogP contribution is -2.40. The van der Waals surface area contributed by atoms with E-state index in [2.05, 4.69) is 21.8 Å². The van der Waals surface area contributed by atoms with Gasteiger partial charge < -0.3 is 14.5 Å². The number of carbonyl (C=O) groups is 1. The molecule has 2 aromatic carbocycles. The molecular formula is C25H21ClF2N4O5. The lowest BCUT2D eigenvalue weighted by atomic mass is 10.1. The molecule has 0 saturated heterocycles. The maximum atomic E-state index is 13.7. The number of para-hydroxylation sites is 1. The Morgan fingerprint density at radius 3 is 2.65 bits per heavy atom. The normalized spacial score (nSPS) is 13.2. The molecule has 0 fully saturated rings. The van der Waals surface area contributed by atoms with Crippen LogP contribution in [0.5, 0.6) is 5.75 Å². The number of halogens is 3. The average molecular weight is 531 g/mol. The summed E-state index contributed by atoms with van der Waals surface area (Å²) in [6.07, 6.45) is 0.179. The zero-order valence-corrected chi connectivity index (χ0v) is 20.4. The molecule has 192 valence electrons. The van der Waals surface area contributed by atoms with Crippen molar-refractivity contribution in [1.29, 1.82) is 0 Å². The van der Waals surface area contributed by atoms with Crippen LogP contribution in [0.3, 0.4) is 0 Å². The first kappa shape index (κ1) is 25.9. The van der Waals surface area contributed by atoms with E-state index < -0.39 is 23.5 Å². The van der Waals surface area contributed by atoms with Gasteiger partial charge in [0.05, 0.1) is 23.8 Å². The fourth-order valence-corrected chi connectivity index (χ4v) is 3.99. The van der Waals surface area contributed by atoms with E-state index in [1.165, 1.54) is 4.68 Å². The number of aromatic nitrogens is 2. The van der Waals surface area contributed by atoms with Crippen LogP contribution in [0.15, 0.2) is 48.5 Å². The van der Waals surface area contributed by atoms with Gasteiger partial charge in [-0.1, -0.05) is 47.7 Å². The Bertz CT molecular complexity index is 1380. The van der Waals surface area contributed by atoms with Crippen LogP contribution in [0, 0.1) is 22.0 Å². The Labute approximate surface area is 215 Å². The van der Waals surface area contributed by atoms with Crippen molar-refractivity contribution in [3.05, 3.63) is 74.9 Å². The fourth-order valence-electron chi connectivity index (χ4n) is 3.77. The number of alkyl halides is 2. The van der Waals surface area contributed by atoms with Crippen LogP contribution in [-0.4, -0.2) is 57.9 Å². The highest BCUT2D eigenvalue weighted by atomic mass is 35.5. The summed E-state index contributed by atoms with van der Waals surface area (Å²) in [4.78, 5) is 28.7. The van der Waals surface area contributed by atoms with Crippen molar-refractivity contribution in [1.82, 2.24) is 14.7 Å². The van der Waals surface area contributed by atoms with Gasteiger partial charge in [0.2, 0.25) is 0 Å². The van der Waals surface area contributed by atoms with Crippen LogP contribution in [0.2, 0.25) is 5.02 Å². The third kappa shape index (κ3) is 6.16. The molecule has 0 N–H and O–H groups in total. The van der Waals surface area contributed by atoms with Crippen molar-refractivity contribution in [2.24, 2.45) is 0 Å². The Morgan fingerprint density at radius 1 is 1.24 bits per heavy atom. The molecule has 1 amide bonds. The van der Waals surface area contributed by atoms with E-state index in [4.69, 9.17) is 16.3 Å². The number of fused-ring (bicyclic) bond motifs is 1. The SMILES string of the molecule is CC(F)(F)CN1CCOc2c(nn(-c3ccccc3Cl)c2-c2ccc(C#CCCO[N+](=O)[O-])cc2)C1=O. The van der Waals surface area contributed by atoms with Crippen LogP contribution in [0.4, 0.5) is 8.78 Å². The van der Waals surface area contributed by atoms with Crippen molar-refractivity contribution in [3.8, 4) is 34.5 Å². The standard InChI is InChI=1S/C25H21ClF2N4O5/c1-25(27,28)16-30-13-15-36-23-21(24(30)33)29-31(20-8-3-2-7-19(20)26)22(23)18-11-9-17(10-12-18)6-4-5-14-37-32(34)35/h2-3,7-12H,5,13-16H2,1H3. The van der Waals surface area contributed by atoms with Crippen molar-refractivity contribution in [3.63, 3.8) is 0 Å². The minimum Gasteiger partial charge on any atom is -0.487 e. The summed E-state index contributed by atoms with van der Waals surface area (Å²) < 4.78 is 34.8. The number of nitrogens with zero attached hydrogens (tertiary/aromatic N) is 4. The molecule has 0 saturated carbocycles. The van der Waals surface area contributed by atoms with Crippen molar-refractivity contribution < 1.29 is 28.2 Å². The van der Waals surface area contributed by atoms with Crippen LogP contribution < -0.4 is 4.74 Å². The monoisotopic (exact) mass is 530 g/mol. The molecule has 0 aliphatic carbocycles. The largest absolute Gasteiger partial charge is 0.487 e. The highest BCUT2D eigenvalue weighted by Gasteiger charge is 2.36. The van der Waals surface area contributed by atoms with Crippen LogP contribution >= 0.6 is 11.6 Å². The predicted molar refractivity (Wildman–Crippen MR) is 130 cm³/mol. The number of benzene rings is 2. The zero-order valence-electron chi connectivity index (χ0n) is 19.6. The highest BCUT2D eigenvalue weighted by molar-refractivity contribution is 6.32. The molecule has 0 radical (unpaired) electrons. The van der Waals surface area contributed by atoms with Gasteiger partial charge >= 0.3 is 0 Å². The summed E-state index contributed by atoms with van der Waals surface area (Å²) in [6.45, 7) is -0.151. The van der Waals surface area contributed by atoms with Gasteiger partial charge in [0.15, 0.2) is 11.4 Å². The molecule has 1 aliphatic rings. The molecule has 1 aromatic heterocycles. The minimum absolute atomic E-state index is 0.00577. The molecule has 9 nitrogen and oxygen atoms in total. The molecule has 0 spiro atoms. The smallest absolute Gasteiger partial charge is 0.294 e. The van der Waals surface area contributed by atoms with Crippen LogP contribution in [-0.2, 0) is 4.84 Å². The van der Waals surface area contributed by atoms with E-state index >= 15 is 0 Å². The molecule has 0 atom stereocenters. The molecule has 0 unspecified atom stereocenters. The summed E-state index contributed by atoms with van der Waals surface area (Å²) in [5, 5.41) is 14.2. The van der Waals surface area contributed by atoms with E-state index in [0.717, 1.165) is 11.8 Å². The number of hydrogen-bond donors (Lipinski definition) is 0. The number of hydrogen-bond acceptors (Lipinski definition) is 6. The van der Waals surface area contributed by atoms with Gasteiger partial charge in [0.25, 0.3) is 16.9 Å². The predicted octanol–water partition coefficient (Wildman–Crippen LogP) is 4.63. The van der Waals surface area contributed by atoms with Crippen molar-refractivity contribution >= 4 is 17.5 Å². The lowest BCUT2D eigenvalue weighted by Gasteiger charge is -2.22. The van der Waals surface area contributed by atoms with E-state index in [9.17, 15) is 23.7 Å². The first-order chi connectivity index (χ1) is 17.6. The summed E-state index contributed by atoms with van der Waals surface area (Å²) in [7, 11) is 0. The average Bonchev–Trinajstić information content (AvgIpc) is 3.14. The van der Waals surface area contributed by atoms with Gasteiger partial charge in [-0.3, -0.25) is 4.79 Å². The Balaban J connectivity index is 1.74. The molecule has 37 heavy (non-hydrogen) atoms. The molecule has 4 rings (SSSR count). The highest BCUT2D eigenvalue weighted by Crippen LogP contribution is 2.39. The second-order valence-corrected chi connectivity index (χ2v) is 8.63. The van der Waals surface area contributed by atoms with Crippen molar-refractivity contribution in [2.45, 2.75) is 19.3 Å². The third-order valence-electron chi connectivity index (χ3n) is 5.30. The summed E-state index contributed by atoms with van der Waals surface area (Å²) in [6, 6.07) is 13.8. The first-order valence-corrected chi connectivity index (χ1v) is 11.6. The summed E-state index contributed by atoms with van der Waals surface area (Å²) >= 11 is 6.43. The van der Waals surface area contributed by atoms with E-state index in [0.29, 0.717) is 27.5 Å². The molecule has 3 aromatic rings. The number of carbonyl (C=O) groups excluding carboxylic acids is 1. The molecule has 12 heteroatoms. The lowest BCUT2D eigenvalue weighted by molar-refractivity contribution is -0.757. The maximum Gasteiger partial charge on any atom is 0.294 e. The molecular weight excluding hydrogens is 510 g/mol. The summed E-state index contributed by atoms with van der Waals surface area (Å²) in [5.41, 5.74) is 2.09. The van der Waals surface area contributed by atoms with Gasteiger partial charge in [-0.15, -0.1) is 10.1 Å². The Hall–Kier alpha value is -4.17. The van der Waals surface area contributed by atoms with Crippen LogP contribution in [0.25, 0.3) is 16.9 Å². The van der Waals surface area contributed by atoms with Crippen molar-refractivity contribution in [2.75, 3.05) is 26.3 Å². The van der Waals surface area contributed by atoms with Gasteiger partial charge in [-0.25, -0.2) is 13.5 Å². The number of rotatable bonds is 7. The first-order valence-electron chi connectivity index (χ1n) is 11.2. The number of amides is 1. The molecule has 1 aliphatic heterocycles. The topological polar surface area (TPSA) is 99.7 Å². The third-order valence-corrected chi connectivity index (χ3v) is 5.62. The van der Waals surface area contributed by atoms with Crippen LogP contribution in [0.1, 0.15) is 29.4 Å². The second-order valence-electron chi connectivity index (χ2n) is 8.22. The van der Waals surface area contributed by atoms with E-state index in [1.54, 1.807) is 48.5 Å². The number of ether oxygens (including phenoxy) is 1. The van der Waals surface area contributed by atoms with E-state index in [-0.39, 0.29) is 37.6 Å². The maximum absolute atomic E-state index is 13.7. The van der Waals surface area contributed by atoms with Gasteiger partial charge in [0, 0.05) is 24.5 Å². The Kier molecular flexibility index (Phi) is 7.59. The van der Waals surface area contributed by atoms with Gasteiger partial charge in [-0.05, 0) is 24.3 Å². The Morgan fingerprint density at radius 2 is 1.97 bits per heavy atom. The molecule has 0 bridgehead atoms. The fraction of sp³-hybridized carbons (Fsp3) is 0.280. The zero-order chi connectivity index (χ0) is 26.6. The van der Waals surface area contributed by atoms with Gasteiger partial charge in [0.1, 0.15) is 18.9 Å². The summed E-state index contributed by atoms with van der Waals surface area (Å²) in [5.74, 6) is 2.11. The van der Waals surface area contributed by atoms with E-state index in [1.807, 2.05) is 0 Å². The minimum atomic E-state index is -3.08. The molecule has 2 heterocycles.